The monoisotopic (exact) mass is 258 g/mol. The molecule has 0 saturated carbocycles. The van der Waals surface area contributed by atoms with Gasteiger partial charge in [-0.3, -0.25) is 5.10 Å². The molecule has 4 heteroatoms. The third-order valence-electron chi connectivity index (χ3n) is 3.50. The van der Waals surface area contributed by atoms with Gasteiger partial charge in [0.25, 0.3) is 0 Å². The number of aromatic nitrogens is 3. The first-order chi connectivity index (χ1) is 9.24. The Bertz CT molecular complexity index is 514. The Balaban J connectivity index is 2.17. The van der Waals surface area contributed by atoms with Gasteiger partial charge in [0.05, 0.1) is 0 Å². The zero-order valence-corrected chi connectivity index (χ0v) is 11.9. The molecule has 102 valence electrons. The predicted octanol–water partition coefficient (Wildman–Crippen LogP) is 3.63. The molecule has 2 rings (SSSR count). The zero-order chi connectivity index (χ0) is 13.7. The maximum absolute atomic E-state index is 4.40. The smallest absolute Gasteiger partial charge is 0.183 e. The lowest BCUT2D eigenvalue weighted by Crippen LogP contribution is -2.13. The summed E-state index contributed by atoms with van der Waals surface area (Å²) in [4.78, 5) is 4.40. The SMILES string of the molecule is CCC(CC)CNc1ccccc1-c1n[nH]c(C)n1. The number of hydrogen-bond acceptors (Lipinski definition) is 3. The van der Waals surface area contributed by atoms with Crippen molar-refractivity contribution in [3.05, 3.63) is 30.1 Å². The molecule has 0 aliphatic carbocycles. The summed E-state index contributed by atoms with van der Waals surface area (Å²) >= 11 is 0. The average molecular weight is 258 g/mol. The van der Waals surface area contributed by atoms with Crippen LogP contribution in [0.25, 0.3) is 11.4 Å². The second-order valence-electron chi connectivity index (χ2n) is 4.85. The molecular formula is C15H22N4. The van der Waals surface area contributed by atoms with Crippen molar-refractivity contribution in [3.63, 3.8) is 0 Å². The fourth-order valence-corrected chi connectivity index (χ4v) is 2.13. The standard InChI is InChI=1S/C15H22N4/c1-4-12(5-2)10-16-14-9-7-6-8-13(14)15-17-11(3)18-19-15/h6-9,12,16H,4-5,10H2,1-3H3,(H,17,18,19). The summed E-state index contributed by atoms with van der Waals surface area (Å²) in [6.07, 6.45) is 2.40. The maximum atomic E-state index is 4.40. The maximum Gasteiger partial charge on any atom is 0.183 e. The van der Waals surface area contributed by atoms with Crippen molar-refractivity contribution >= 4 is 5.69 Å². The molecule has 2 aromatic rings. The quantitative estimate of drug-likeness (QED) is 0.832. The molecule has 0 amide bonds. The van der Waals surface area contributed by atoms with Gasteiger partial charge in [-0.15, -0.1) is 0 Å². The lowest BCUT2D eigenvalue weighted by Gasteiger charge is -2.15. The highest BCUT2D eigenvalue weighted by Gasteiger charge is 2.10. The van der Waals surface area contributed by atoms with Crippen LogP contribution in [-0.4, -0.2) is 21.7 Å². The summed E-state index contributed by atoms with van der Waals surface area (Å²) in [6, 6.07) is 8.20. The Morgan fingerprint density at radius 2 is 1.95 bits per heavy atom. The van der Waals surface area contributed by atoms with Crippen molar-refractivity contribution in [1.82, 2.24) is 15.2 Å². The first kappa shape index (κ1) is 13.6. The van der Waals surface area contributed by atoms with E-state index in [0.717, 1.165) is 29.4 Å². The van der Waals surface area contributed by atoms with Gasteiger partial charge < -0.3 is 5.32 Å². The molecule has 4 nitrogen and oxygen atoms in total. The van der Waals surface area contributed by atoms with E-state index in [2.05, 4.69) is 46.5 Å². The van der Waals surface area contributed by atoms with Crippen molar-refractivity contribution in [1.29, 1.82) is 0 Å². The molecule has 1 heterocycles. The van der Waals surface area contributed by atoms with Crippen molar-refractivity contribution in [3.8, 4) is 11.4 Å². The second-order valence-corrected chi connectivity index (χ2v) is 4.85. The Morgan fingerprint density at radius 3 is 2.58 bits per heavy atom. The minimum absolute atomic E-state index is 0.710. The molecule has 0 spiro atoms. The molecule has 19 heavy (non-hydrogen) atoms. The predicted molar refractivity (Wildman–Crippen MR) is 79.1 cm³/mol. The lowest BCUT2D eigenvalue weighted by molar-refractivity contribution is 0.519. The molecule has 0 atom stereocenters. The van der Waals surface area contributed by atoms with Crippen LogP contribution in [-0.2, 0) is 0 Å². The Morgan fingerprint density at radius 1 is 1.21 bits per heavy atom. The van der Waals surface area contributed by atoms with Gasteiger partial charge in [0.1, 0.15) is 5.82 Å². The van der Waals surface area contributed by atoms with Gasteiger partial charge in [-0.25, -0.2) is 4.98 Å². The van der Waals surface area contributed by atoms with Crippen LogP contribution in [0.2, 0.25) is 0 Å². The Labute approximate surface area is 114 Å². The molecule has 0 aliphatic heterocycles. The number of hydrogen-bond donors (Lipinski definition) is 2. The normalized spacial score (nSPS) is 10.9. The van der Waals surface area contributed by atoms with E-state index in [9.17, 15) is 0 Å². The molecule has 0 aliphatic rings. The molecular weight excluding hydrogens is 236 g/mol. The number of aromatic amines is 1. The number of benzene rings is 1. The summed E-state index contributed by atoms with van der Waals surface area (Å²) in [7, 11) is 0. The van der Waals surface area contributed by atoms with Crippen LogP contribution in [0.15, 0.2) is 24.3 Å². The summed E-state index contributed by atoms with van der Waals surface area (Å²) in [5.74, 6) is 2.30. The van der Waals surface area contributed by atoms with E-state index in [1.54, 1.807) is 0 Å². The topological polar surface area (TPSA) is 53.6 Å². The van der Waals surface area contributed by atoms with Crippen molar-refractivity contribution in [2.24, 2.45) is 5.92 Å². The molecule has 1 aromatic carbocycles. The van der Waals surface area contributed by atoms with E-state index < -0.39 is 0 Å². The van der Waals surface area contributed by atoms with E-state index in [-0.39, 0.29) is 0 Å². The van der Waals surface area contributed by atoms with Crippen molar-refractivity contribution in [2.75, 3.05) is 11.9 Å². The highest BCUT2D eigenvalue weighted by Crippen LogP contribution is 2.25. The number of nitrogens with zero attached hydrogens (tertiary/aromatic N) is 2. The average Bonchev–Trinajstić information content (AvgIpc) is 2.87. The van der Waals surface area contributed by atoms with Gasteiger partial charge in [-0.2, -0.15) is 5.10 Å². The van der Waals surface area contributed by atoms with Gasteiger partial charge in [0.2, 0.25) is 0 Å². The molecule has 0 bridgehead atoms. The van der Waals surface area contributed by atoms with Crippen LogP contribution in [0.4, 0.5) is 5.69 Å². The zero-order valence-electron chi connectivity index (χ0n) is 11.9. The Kier molecular flexibility index (Phi) is 4.55. The fourth-order valence-electron chi connectivity index (χ4n) is 2.13. The number of para-hydroxylation sites is 1. The molecule has 0 radical (unpaired) electrons. The van der Waals surface area contributed by atoms with Gasteiger partial charge in [0.15, 0.2) is 5.82 Å². The van der Waals surface area contributed by atoms with Crippen LogP contribution >= 0.6 is 0 Å². The summed E-state index contributed by atoms with van der Waals surface area (Å²) < 4.78 is 0. The summed E-state index contributed by atoms with van der Waals surface area (Å²) in [6.45, 7) is 7.38. The fraction of sp³-hybridized carbons (Fsp3) is 0.467. The lowest BCUT2D eigenvalue weighted by atomic mass is 10.0. The Hall–Kier alpha value is -1.84. The summed E-state index contributed by atoms with van der Waals surface area (Å²) in [5, 5.41) is 10.7. The number of rotatable bonds is 6. The van der Waals surface area contributed by atoms with Crippen LogP contribution in [0, 0.1) is 12.8 Å². The van der Waals surface area contributed by atoms with E-state index in [1.165, 1.54) is 12.8 Å². The first-order valence-corrected chi connectivity index (χ1v) is 6.96. The summed E-state index contributed by atoms with van der Waals surface area (Å²) in [5.41, 5.74) is 2.16. The van der Waals surface area contributed by atoms with Gasteiger partial charge in [-0.1, -0.05) is 38.8 Å². The number of aryl methyl sites for hydroxylation is 1. The second kappa shape index (κ2) is 6.36. The van der Waals surface area contributed by atoms with Crippen LogP contribution in [0.3, 0.4) is 0 Å². The van der Waals surface area contributed by atoms with E-state index >= 15 is 0 Å². The molecule has 0 saturated heterocycles. The highest BCUT2D eigenvalue weighted by atomic mass is 15.2. The van der Waals surface area contributed by atoms with Crippen LogP contribution in [0.1, 0.15) is 32.5 Å². The van der Waals surface area contributed by atoms with Crippen LogP contribution in [0.5, 0.6) is 0 Å². The van der Waals surface area contributed by atoms with Gasteiger partial charge in [0, 0.05) is 17.8 Å². The first-order valence-electron chi connectivity index (χ1n) is 6.96. The van der Waals surface area contributed by atoms with E-state index in [0.29, 0.717) is 5.92 Å². The third-order valence-corrected chi connectivity index (χ3v) is 3.50. The molecule has 0 fully saturated rings. The van der Waals surface area contributed by atoms with Crippen molar-refractivity contribution < 1.29 is 0 Å². The molecule has 1 aromatic heterocycles. The minimum Gasteiger partial charge on any atom is -0.384 e. The third kappa shape index (κ3) is 3.34. The number of H-pyrrole nitrogens is 1. The van der Waals surface area contributed by atoms with E-state index in [4.69, 9.17) is 0 Å². The van der Waals surface area contributed by atoms with Crippen molar-refractivity contribution in [2.45, 2.75) is 33.6 Å². The van der Waals surface area contributed by atoms with Gasteiger partial charge in [-0.05, 0) is 25.0 Å². The minimum atomic E-state index is 0.710. The highest BCUT2D eigenvalue weighted by molar-refractivity contribution is 5.73. The molecule has 0 unspecified atom stereocenters. The largest absolute Gasteiger partial charge is 0.384 e. The molecule has 2 N–H and O–H groups in total. The number of nitrogens with one attached hydrogen (secondary N) is 2. The van der Waals surface area contributed by atoms with E-state index in [1.807, 2.05) is 19.1 Å². The number of anilines is 1. The van der Waals surface area contributed by atoms with Gasteiger partial charge >= 0.3 is 0 Å². The van der Waals surface area contributed by atoms with Crippen LogP contribution < -0.4 is 5.32 Å².